The molecule has 5 nitrogen and oxygen atoms in total. The number of rotatable bonds is 3. The highest BCUT2D eigenvalue weighted by atomic mass is 35.5. The number of thiophene rings is 1. The standard InChI is InChI=1S/C15H11ClN2O3S/c16-8-3-4-11(18-14(19)12-2-1-5-22-12)9(6-8)10-7-21-15(20)13(10)17/h1-6,10,17H,7H2,(H,18,19)/t10-/m1/s1. The van der Waals surface area contributed by atoms with Crippen molar-refractivity contribution >= 4 is 46.2 Å². The van der Waals surface area contributed by atoms with Gasteiger partial charge in [-0.1, -0.05) is 17.7 Å². The molecular weight excluding hydrogens is 324 g/mol. The Morgan fingerprint density at radius 1 is 1.41 bits per heavy atom. The zero-order chi connectivity index (χ0) is 15.7. The molecule has 0 bridgehead atoms. The monoisotopic (exact) mass is 334 g/mol. The summed E-state index contributed by atoms with van der Waals surface area (Å²) >= 11 is 7.34. The number of benzene rings is 1. The second kappa shape index (κ2) is 5.90. The third kappa shape index (κ3) is 2.75. The molecule has 1 aromatic heterocycles. The topological polar surface area (TPSA) is 79.2 Å². The van der Waals surface area contributed by atoms with Crippen molar-refractivity contribution < 1.29 is 14.3 Å². The average Bonchev–Trinajstić information content (AvgIpc) is 3.13. The number of nitrogens with one attached hydrogen (secondary N) is 2. The van der Waals surface area contributed by atoms with E-state index in [0.717, 1.165) is 0 Å². The molecule has 1 atom stereocenters. The molecule has 2 heterocycles. The van der Waals surface area contributed by atoms with Gasteiger partial charge < -0.3 is 10.1 Å². The van der Waals surface area contributed by atoms with Crippen molar-refractivity contribution in [3.8, 4) is 0 Å². The van der Waals surface area contributed by atoms with Gasteiger partial charge >= 0.3 is 5.97 Å². The van der Waals surface area contributed by atoms with E-state index in [1.165, 1.54) is 11.3 Å². The van der Waals surface area contributed by atoms with Gasteiger partial charge in [-0.3, -0.25) is 10.2 Å². The summed E-state index contributed by atoms with van der Waals surface area (Å²) in [7, 11) is 0. The molecule has 1 amide bonds. The van der Waals surface area contributed by atoms with Crippen LogP contribution in [0.25, 0.3) is 0 Å². The molecule has 2 aromatic rings. The first-order valence-corrected chi connectivity index (χ1v) is 7.72. The van der Waals surface area contributed by atoms with Crippen molar-refractivity contribution in [2.45, 2.75) is 5.92 Å². The first-order valence-electron chi connectivity index (χ1n) is 6.46. The van der Waals surface area contributed by atoms with E-state index in [1.807, 2.05) is 5.38 Å². The molecule has 1 fully saturated rings. The van der Waals surface area contributed by atoms with Crippen LogP contribution < -0.4 is 5.32 Å². The highest BCUT2D eigenvalue weighted by Crippen LogP contribution is 2.32. The summed E-state index contributed by atoms with van der Waals surface area (Å²) in [6, 6.07) is 8.48. The summed E-state index contributed by atoms with van der Waals surface area (Å²) in [6.45, 7) is 0.0832. The molecule has 2 N–H and O–H groups in total. The van der Waals surface area contributed by atoms with Crippen molar-refractivity contribution in [3.63, 3.8) is 0 Å². The van der Waals surface area contributed by atoms with Crippen molar-refractivity contribution in [1.29, 1.82) is 5.41 Å². The maximum Gasteiger partial charge on any atom is 0.352 e. The van der Waals surface area contributed by atoms with E-state index in [-0.39, 0.29) is 18.2 Å². The van der Waals surface area contributed by atoms with E-state index in [4.69, 9.17) is 21.7 Å². The Labute approximate surface area is 135 Å². The number of cyclic esters (lactones) is 1. The van der Waals surface area contributed by atoms with Gasteiger partial charge in [-0.2, -0.15) is 0 Å². The van der Waals surface area contributed by atoms with Gasteiger partial charge in [0.15, 0.2) is 0 Å². The van der Waals surface area contributed by atoms with E-state index in [9.17, 15) is 9.59 Å². The van der Waals surface area contributed by atoms with Crippen molar-refractivity contribution in [3.05, 3.63) is 51.2 Å². The first-order chi connectivity index (χ1) is 10.6. The van der Waals surface area contributed by atoms with E-state index in [2.05, 4.69) is 5.32 Å². The zero-order valence-electron chi connectivity index (χ0n) is 11.3. The first kappa shape index (κ1) is 14.7. The highest BCUT2D eigenvalue weighted by Gasteiger charge is 2.34. The number of halogens is 1. The minimum absolute atomic E-state index is 0.0832. The lowest BCUT2D eigenvalue weighted by atomic mass is 9.95. The second-order valence-electron chi connectivity index (χ2n) is 4.73. The van der Waals surface area contributed by atoms with Crippen LogP contribution in [0.3, 0.4) is 0 Å². The van der Waals surface area contributed by atoms with E-state index >= 15 is 0 Å². The maximum absolute atomic E-state index is 12.2. The number of amides is 1. The van der Waals surface area contributed by atoms with Crippen LogP contribution in [0.1, 0.15) is 21.2 Å². The molecule has 22 heavy (non-hydrogen) atoms. The summed E-state index contributed by atoms with van der Waals surface area (Å²) in [5.41, 5.74) is 0.998. The van der Waals surface area contributed by atoms with E-state index in [0.29, 0.717) is 21.2 Å². The molecule has 0 spiro atoms. The summed E-state index contributed by atoms with van der Waals surface area (Å²) < 4.78 is 4.89. The van der Waals surface area contributed by atoms with Gasteiger partial charge in [0.05, 0.1) is 10.8 Å². The predicted octanol–water partition coefficient (Wildman–Crippen LogP) is 3.31. The molecule has 7 heteroatoms. The Hall–Kier alpha value is -2.18. The van der Waals surface area contributed by atoms with Gasteiger partial charge in [0.25, 0.3) is 5.91 Å². The van der Waals surface area contributed by atoms with E-state index < -0.39 is 11.9 Å². The summed E-state index contributed by atoms with van der Waals surface area (Å²) in [6.07, 6.45) is 0. The third-order valence-electron chi connectivity index (χ3n) is 3.33. The largest absolute Gasteiger partial charge is 0.460 e. The predicted molar refractivity (Wildman–Crippen MR) is 85.2 cm³/mol. The van der Waals surface area contributed by atoms with E-state index in [1.54, 1.807) is 30.3 Å². The van der Waals surface area contributed by atoms with Crippen LogP contribution in [0.5, 0.6) is 0 Å². The van der Waals surface area contributed by atoms with Crippen LogP contribution in [-0.2, 0) is 9.53 Å². The fourth-order valence-electron chi connectivity index (χ4n) is 2.24. The lowest BCUT2D eigenvalue weighted by Crippen LogP contribution is -2.17. The molecule has 1 aliphatic rings. The van der Waals surface area contributed by atoms with Gasteiger partial charge in [-0.25, -0.2) is 4.79 Å². The Balaban J connectivity index is 1.93. The van der Waals surface area contributed by atoms with Gasteiger partial charge in [0, 0.05) is 10.7 Å². The number of ether oxygens (including phenoxy) is 1. The van der Waals surface area contributed by atoms with Crippen LogP contribution in [-0.4, -0.2) is 24.2 Å². The molecule has 0 unspecified atom stereocenters. The molecule has 0 aliphatic carbocycles. The molecule has 0 saturated carbocycles. The summed E-state index contributed by atoms with van der Waals surface area (Å²) in [4.78, 5) is 24.2. The number of carbonyl (C=O) groups is 2. The molecule has 112 valence electrons. The van der Waals surface area contributed by atoms with Crippen molar-refractivity contribution in [2.75, 3.05) is 11.9 Å². The van der Waals surface area contributed by atoms with Crippen molar-refractivity contribution in [2.24, 2.45) is 0 Å². The number of esters is 1. The Morgan fingerprint density at radius 3 is 2.86 bits per heavy atom. The summed E-state index contributed by atoms with van der Waals surface area (Å²) in [5.74, 6) is -1.40. The number of anilines is 1. The van der Waals surface area contributed by atoms with Crippen molar-refractivity contribution in [1.82, 2.24) is 0 Å². The molecular formula is C15H11ClN2O3S. The molecule has 3 rings (SSSR count). The molecule has 0 radical (unpaired) electrons. The Morgan fingerprint density at radius 2 is 2.23 bits per heavy atom. The van der Waals surface area contributed by atoms with Gasteiger partial charge in [-0.05, 0) is 35.2 Å². The van der Waals surface area contributed by atoms with Gasteiger partial charge in [-0.15, -0.1) is 11.3 Å². The smallest absolute Gasteiger partial charge is 0.352 e. The maximum atomic E-state index is 12.2. The number of hydrogen-bond donors (Lipinski definition) is 2. The van der Waals surface area contributed by atoms with Gasteiger partial charge in [0.1, 0.15) is 12.3 Å². The number of carbonyl (C=O) groups excluding carboxylic acids is 2. The fraction of sp³-hybridized carbons (Fsp3) is 0.133. The van der Waals surface area contributed by atoms with Crippen LogP contribution in [0.4, 0.5) is 5.69 Å². The average molecular weight is 335 g/mol. The van der Waals surface area contributed by atoms with Crippen LogP contribution in [0.15, 0.2) is 35.7 Å². The highest BCUT2D eigenvalue weighted by molar-refractivity contribution is 7.12. The fourth-order valence-corrected chi connectivity index (χ4v) is 3.03. The summed E-state index contributed by atoms with van der Waals surface area (Å²) in [5, 5.41) is 12.9. The molecule has 1 aromatic carbocycles. The van der Waals surface area contributed by atoms with Crippen LogP contribution in [0, 0.1) is 5.41 Å². The quantitative estimate of drug-likeness (QED) is 0.845. The SMILES string of the molecule is N=C1C(=O)OC[C@@H]1c1cc(Cl)ccc1NC(=O)c1cccs1. The Kier molecular flexibility index (Phi) is 3.96. The minimum Gasteiger partial charge on any atom is -0.460 e. The third-order valence-corrected chi connectivity index (χ3v) is 4.44. The lowest BCUT2D eigenvalue weighted by Gasteiger charge is -2.14. The number of hydrogen-bond acceptors (Lipinski definition) is 5. The minimum atomic E-state index is -0.638. The molecule has 1 saturated heterocycles. The second-order valence-corrected chi connectivity index (χ2v) is 6.11. The lowest BCUT2D eigenvalue weighted by molar-refractivity contribution is -0.132. The van der Waals surface area contributed by atoms with Gasteiger partial charge in [0.2, 0.25) is 0 Å². The van der Waals surface area contributed by atoms with Crippen LogP contribution >= 0.6 is 22.9 Å². The molecule has 1 aliphatic heterocycles. The normalized spacial score (nSPS) is 17.4. The Bertz CT molecular complexity index is 758. The van der Waals surface area contributed by atoms with Crippen LogP contribution in [0.2, 0.25) is 5.02 Å². The zero-order valence-corrected chi connectivity index (χ0v) is 12.8.